The summed E-state index contributed by atoms with van der Waals surface area (Å²) in [4.78, 5) is 28.8. The van der Waals surface area contributed by atoms with Gasteiger partial charge in [0.25, 0.3) is 0 Å². The lowest BCUT2D eigenvalue weighted by Crippen LogP contribution is -2.44. The monoisotopic (exact) mass is 501 g/mol. The van der Waals surface area contributed by atoms with Gasteiger partial charge in [-0.1, -0.05) is 26.0 Å². The Morgan fingerprint density at radius 3 is 2.50 bits per heavy atom. The largest absolute Gasteiger partial charge is 0.486 e. The van der Waals surface area contributed by atoms with Gasteiger partial charge in [-0.2, -0.15) is 13.2 Å². The van der Waals surface area contributed by atoms with Crippen molar-refractivity contribution >= 4 is 28.9 Å². The first-order valence-corrected chi connectivity index (χ1v) is 12.1. The molecule has 0 saturated carbocycles. The number of anilines is 2. The summed E-state index contributed by atoms with van der Waals surface area (Å²) in [7, 11) is 1.69. The van der Waals surface area contributed by atoms with E-state index in [9.17, 15) is 22.8 Å². The number of nitrogens with zero attached hydrogens (tertiary/aromatic N) is 2. The highest BCUT2D eigenvalue weighted by Gasteiger charge is 2.38. The minimum Gasteiger partial charge on any atom is -0.486 e. The van der Waals surface area contributed by atoms with E-state index in [-0.39, 0.29) is 11.8 Å². The summed E-state index contributed by atoms with van der Waals surface area (Å²) in [5.41, 5.74) is 1.84. The highest BCUT2D eigenvalue weighted by Crippen LogP contribution is 2.45. The summed E-state index contributed by atoms with van der Waals surface area (Å²) in [5, 5.41) is 2.84. The number of ether oxygens (including phenoxy) is 1. The third kappa shape index (κ3) is 4.79. The molecule has 192 valence electrons. The van der Waals surface area contributed by atoms with Gasteiger partial charge in [-0.3, -0.25) is 9.69 Å². The van der Waals surface area contributed by atoms with Crippen LogP contribution in [0.5, 0.6) is 5.75 Å². The first-order chi connectivity index (χ1) is 17.0. The molecule has 3 amide bonds. The Bertz CT molecular complexity index is 1220. The number of hydrogen-bond acceptors (Lipinski definition) is 3. The number of halogens is 3. The first kappa shape index (κ1) is 25.6. The second-order valence-electron chi connectivity index (χ2n) is 9.24. The molecule has 0 aromatic heterocycles. The SMILES string of the molecule is CCN1Cc2ccc(NC(=O)/C=C3\CC(CC)(CC)Oc4cc(C(F)(F)F)ccc43)cc2N(C)C1=O. The topological polar surface area (TPSA) is 61.9 Å². The zero-order valence-corrected chi connectivity index (χ0v) is 20.8. The lowest BCUT2D eigenvalue weighted by atomic mass is 9.83. The number of nitrogens with one attached hydrogen (secondary N) is 1. The normalized spacial score (nSPS) is 18.0. The van der Waals surface area contributed by atoms with Crippen molar-refractivity contribution in [2.45, 2.75) is 58.4 Å². The molecule has 0 spiro atoms. The van der Waals surface area contributed by atoms with Crippen molar-refractivity contribution in [3.05, 3.63) is 59.2 Å². The van der Waals surface area contributed by atoms with Crippen molar-refractivity contribution in [1.82, 2.24) is 4.90 Å². The molecule has 0 aliphatic carbocycles. The molecule has 0 radical (unpaired) electrons. The summed E-state index contributed by atoms with van der Waals surface area (Å²) in [6.45, 7) is 6.86. The van der Waals surface area contributed by atoms with E-state index in [0.29, 0.717) is 49.2 Å². The van der Waals surface area contributed by atoms with E-state index in [1.165, 1.54) is 12.1 Å². The molecule has 0 unspecified atom stereocenters. The quantitative estimate of drug-likeness (QED) is 0.479. The third-order valence-electron chi connectivity index (χ3n) is 7.10. The Morgan fingerprint density at radius 2 is 1.86 bits per heavy atom. The molecular weight excluding hydrogens is 471 g/mol. The predicted octanol–water partition coefficient (Wildman–Crippen LogP) is 6.46. The molecule has 36 heavy (non-hydrogen) atoms. The van der Waals surface area contributed by atoms with Crippen LogP contribution in [0, 0.1) is 0 Å². The van der Waals surface area contributed by atoms with Gasteiger partial charge in [0, 0.05) is 43.9 Å². The van der Waals surface area contributed by atoms with Gasteiger partial charge in [0.15, 0.2) is 0 Å². The fraction of sp³-hybridized carbons (Fsp3) is 0.407. The van der Waals surface area contributed by atoms with Crippen LogP contribution in [0.3, 0.4) is 0 Å². The number of alkyl halides is 3. The molecule has 2 aliphatic heterocycles. The number of carbonyl (C=O) groups is 2. The van der Waals surface area contributed by atoms with Crippen LogP contribution in [-0.4, -0.2) is 36.0 Å². The molecule has 0 bridgehead atoms. The number of amides is 3. The van der Waals surface area contributed by atoms with Crippen molar-refractivity contribution in [1.29, 1.82) is 0 Å². The van der Waals surface area contributed by atoms with E-state index in [4.69, 9.17) is 4.74 Å². The zero-order valence-electron chi connectivity index (χ0n) is 20.8. The van der Waals surface area contributed by atoms with Crippen molar-refractivity contribution in [2.75, 3.05) is 23.8 Å². The molecule has 1 N–H and O–H groups in total. The van der Waals surface area contributed by atoms with Crippen LogP contribution in [0.25, 0.3) is 5.57 Å². The second kappa shape index (κ2) is 9.52. The fourth-order valence-corrected chi connectivity index (χ4v) is 4.79. The van der Waals surface area contributed by atoms with E-state index in [0.717, 1.165) is 23.4 Å². The molecule has 0 atom stereocenters. The number of fused-ring (bicyclic) bond motifs is 2. The van der Waals surface area contributed by atoms with Gasteiger partial charge < -0.3 is 15.0 Å². The minimum absolute atomic E-state index is 0.108. The average molecular weight is 502 g/mol. The van der Waals surface area contributed by atoms with Gasteiger partial charge in [-0.25, -0.2) is 4.79 Å². The average Bonchev–Trinajstić information content (AvgIpc) is 2.85. The Hall–Kier alpha value is -3.49. The predicted molar refractivity (Wildman–Crippen MR) is 133 cm³/mol. The molecule has 4 rings (SSSR count). The Kier molecular flexibility index (Phi) is 6.77. The van der Waals surface area contributed by atoms with Crippen LogP contribution in [0.2, 0.25) is 0 Å². The highest BCUT2D eigenvalue weighted by atomic mass is 19.4. The van der Waals surface area contributed by atoms with E-state index in [1.54, 1.807) is 29.0 Å². The Morgan fingerprint density at radius 1 is 1.14 bits per heavy atom. The summed E-state index contributed by atoms with van der Waals surface area (Å²) < 4.78 is 46.0. The second-order valence-corrected chi connectivity index (χ2v) is 9.24. The van der Waals surface area contributed by atoms with Crippen molar-refractivity contribution in [3.63, 3.8) is 0 Å². The highest BCUT2D eigenvalue weighted by molar-refractivity contribution is 6.05. The van der Waals surface area contributed by atoms with Crippen LogP contribution >= 0.6 is 0 Å². The van der Waals surface area contributed by atoms with Crippen LogP contribution in [-0.2, 0) is 17.5 Å². The summed E-state index contributed by atoms with van der Waals surface area (Å²) >= 11 is 0. The smallest absolute Gasteiger partial charge is 0.416 e. The molecule has 0 saturated heterocycles. The molecule has 6 nitrogen and oxygen atoms in total. The zero-order chi connectivity index (χ0) is 26.3. The summed E-state index contributed by atoms with van der Waals surface area (Å²) in [6, 6.07) is 8.69. The van der Waals surface area contributed by atoms with E-state index >= 15 is 0 Å². The van der Waals surface area contributed by atoms with Crippen LogP contribution < -0.4 is 15.0 Å². The Labute approximate surface area is 208 Å². The maximum Gasteiger partial charge on any atom is 0.416 e. The van der Waals surface area contributed by atoms with E-state index < -0.39 is 23.2 Å². The van der Waals surface area contributed by atoms with Crippen molar-refractivity contribution in [2.24, 2.45) is 0 Å². The fourth-order valence-electron chi connectivity index (χ4n) is 4.79. The molecule has 2 aliphatic rings. The van der Waals surface area contributed by atoms with Crippen LogP contribution in [0.1, 0.15) is 56.7 Å². The van der Waals surface area contributed by atoms with Crippen LogP contribution in [0.4, 0.5) is 29.3 Å². The lowest BCUT2D eigenvalue weighted by molar-refractivity contribution is -0.137. The molecule has 9 heteroatoms. The molecule has 2 heterocycles. The van der Waals surface area contributed by atoms with Gasteiger partial charge in [0.1, 0.15) is 11.4 Å². The number of urea groups is 1. The number of carbonyl (C=O) groups excluding carboxylic acids is 2. The van der Waals surface area contributed by atoms with Crippen LogP contribution in [0.15, 0.2) is 42.5 Å². The standard InChI is InChI=1S/C27H30F3N3O3/c1-5-26(6-2)15-18(21-11-9-19(27(28,29)30)13-23(21)36-26)12-24(34)31-20-10-8-17-16-33(7-3)25(35)32(4)22(17)14-20/h8-14H,5-7,15-16H2,1-4H3,(H,31,34)/b18-12+. The van der Waals surface area contributed by atoms with Crippen molar-refractivity contribution < 1.29 is 27.5 Å². The molecule has 2 aromatic carbocycles. The number of hydrogen-bond donors (Lipinski definition) is 1. The maximum atomic E-state index is 13.3. The maximum absolute atomic E-state index is 13.3. The van der Waals surface area contributed by atoms with Crippen molar-refractivity contribution in [3.8, 4) is 5.75 Å². The minimum atomic E-state index is -4.49. The molecule has 2 aromatic rings. The van der Waals surface area contributed by atoms with Gasteiger partial charge in [-0.05, 0) is 55.2 Å². The number of benzene rings is 2. The van der Waals surface area contributed by atoms with Gasteiger partial charge in [-0.15, -0.1) is 0 Å². The lowest BCUT2D eigenvalue weighted by Gasteiger charge is -2.39. The molecule has 0 fully saturated rings. The first-order valence-electron chi connectivity index (χ1n) is 12.1. The van der Waals surface area contributed by atoms with Gasteiger partial charge >= 0.3 is 12.2 Å². The third-order valence-corrected chi connectivity index (χ3v) is 7.10. The summed E-state index contributed by atoms with van der Waals surface area (Å²) in [6.07, 6.45) is -1.49. The Balaban J connectivity index is 1.64. The van der Waals surface area contributed by atoms with Gasteiger partial charge in [0.2, 0.25) is 5.91 Å². The van der Waals surface area contributed by atoms with Gasteiger partial charge in [0.05, 0.1) is 11.3 Å². The summed E-state index contributed by atoms with van der Waals surface area (Å²) in [5.74, 6) is -0.271. The number of rotatable bonds is 5. The van der Waals surface area contributed by atoms with E-state index in [1.807, 2.05) is 26.8 Å². The van der Waals surface area contributed by atoms with E-state index in [2.05, 4.69) is 5.32 Å². The molecular formula is C27H30F3N3O3.